The van der Waals surface area contributed by atoms with Gasteiger partial charge in [0.15, 0.2) is 0 Å². The quantitative estimate of drug-likeness (QED) is 0.246. The number of ether oxygens (including phenoxy) is 1. The van der Waals surface area contributed by atoms with Gasteiger partial charge in [0.05, 0.1) is 24.5 Å². The van der Waals surface area contributed by atoms with Crippen LogP contribution in [0.1, 0.15) is 43.9 Å². The lowest BCUT2D eigenvalue weighted by Gasteiger charge is -2.26. The largest absolute Gasteiger partial charge is 0.507 e. The third-order valence-corrected chi connectivity index (χ3v) is 6.17. The highest BCUT2D eigenvalue weighted by Crippen LogP contribution is 2.40. The number of halogens is 1. The number of nitrogens with zero attached hydrogens (tertiary/aromatic N) is 3. The predicted octanol–water partition coefficient (Wildman–Crippen LogP) is 4.96. The number of ketones is 1. The number of aliphatic hydroxyl groups is 1. The van der Waals surface area contributed by atoms with E-state index in [2.05, 4.69) is 18.8 Å². The Morgan fingerprint density at radius 2 is 1.92 bits per heavy atom. The number of amides is 1. The first-order valence-electron chi connectivity index (χ1n) is 12.1. The molecule has 2 aromatic carbocycles. The zero-order chi connectivity index (χ0) is 25.7. The molecule has 7 nitrogen and oxygen atoms in total. The maximum Gasteiger partial charge on any atom is 0.295 e. The van der Waals surface area contributed by atoms with Crippen LogP contribution in [0.15, 0.2) is 72.8 Å². The van der Waals surface area contributed by atoms with Gasteiger partial charge in [0.2, 0.25) is 0 Å². The van der Waals surface area contributed by atoms with Crippen LogP contribution in [-0.2, 0) is 16.1 Å². The Morgan fingerprint density at radius 3 is 2.61 bits per heavy atom. The molecule has 0 saturated carbocycles. The zero-order valence-corrected chi connectivity index (χ0v) is 20.4. The molecule has 0 bridgehead atoms. The van der Waals surface area contributed by atoms with E-state index in [9.17, 15) is 19.1 Å². The van der Waals surface area contributed by atoms with Crippen molar-refractivity contribution in [3.8, 4) is 5.75 Å². The molecule has 1 aromatic heterocycles. The molecule has 0 spiro atoms. The number of aliphatic hydroxyl groups excluding tert-OH is 1. The fourth-order valence-corrected chi connectivity index (χ4v) is 4.25. The van der Waals surface area contributed by atoms with Gasteiger partial charge in [-0.1, -0.05) is 26.0 Å². The summed E-state index contributed by atoms with van der Waals surface area (Å²) in [7, 11) is 0. The second-order valence-corrected chi connectivity index (χ2v) is 9.26. The lowest BCUT2D eigenvalue weighted by Crippen LogP contribution is -2.31. The summed E-state index contributed by atoms with van der Waals surface area (Å²) in [6.07, 6.45) is 6.68. The van der Waals surface area contributed by atoms with E-state index in [0.29, 0.717) is 43.3 Å². The fraction of sp³-hybridized carbons (Fsp3) is 0.321. The van der Waals surface area contributed by atoms with Gasteiger partial charge in [0, 0.05) is 31.0 Å². The number of Topliss-reactive ketones (excluding diaryl/α,β-unsaturated/α-hetero) is 1. The standard InChI is InChI=1S/C28H30FN3O4/c1-19(2)11-16-36-23-6-3-5-21(17-23)25-24(26(33)20-7-9-22(29)10-8-20)27(34)28(35)32(25)14-4-13-31-15-12-30-18-31/h3,5-10,12,15,17-19,25,33H,4,11,13-14,16H2,1-2H3/b26-24+. The summed E-state index contributed by atoms with van der Waals surface area (Å²) in [6.45, 7) is 5.69. The van der Waals surface area contributed by atoms with Gasteiger partial charge in [-0.25, -0.2) is 9.37 Å². The second-order valence-electron chi connectivity index (χ2n) is 9.26. The van der Waals surface area contributed by atoms with E-state index in [1.807, 2.05) is 29.0 Å². The average Bonchev–Trinajstić information content (AvgIpc) is 3.46. The summed E-state index contributed by atoms with van der Waals surface area (Å²) < 4.78 is 21.3. The molecule has 1 aliphatic heterocycles. The van der Waals surface area contributed by atoms with E-state index >= 15 is 0 Å². The minimum absolute atomic E-state index is 0.0198. The van der Waals surface area contributed by atoms with Crippen molar-refractivity contribution in [2.24, 2.45) is 5.92 Å². The number of benzene rings is 2. The van der Waals surface area contributed by atoms with Crippen LogP contribution in [0.4, 0.5) is 4.39 Å². The topological polar surface area (TPSA) is 84.7 Å². The summed E-state index contributed by atoms with van der Waals surface area (Å²) in [5.41, 5.74) is 0.901. The van der Waals surface area contributed by atoms with Crippen LogP contribution in [0.25, 0.3) is 5.76 Å². The number of hydrogen-bond acceptors (Lipinski definition) is 5. The van der Waals surface area contributed by atoms with Gasteiger partial charge in [-0.3, -0.25) is 9.59 Å². The Kier molecular flexibility index (Phi) is 7.83. The summed E-state index contributed by atoms with van der Waals surface area (Å²) >= 11 is 0. The Labute approximate surface area is 209 Å². The number of rotatable bonds is 10. The molecular formula is C28H30FN3O4. The SMILES string of the molecule is CC(C)CCOc1cccc(C2/C(=C(\O)c3ccc(F)cc3)C(=O)C(=O)N2CCCn2ccnc2)c1. The van der Waals surface area contributed by atoms with Crippen LogP contribution >= 0.6 is 0 Å². The van der Waals surface area contributed by atoms with Crippen molar-refractivity contribution in [1.82, 2.24) is 14.5 Å². The van der Waals surface area contributed by atoms with Crippen LogP contribution in [0, 0.1) is 11.7 Å². The molecule has 188 valence electrons. The molecule has 3 aromatic rings. The van der Waals surface area contributed by atoms with Gasteiger partial charge in [-0.2, -0.15) is 0 Å². The Bertz CT molecular complexity index is 1240. The first-order chi connectivity index (χ1) is 17.3. The summed E-state index contributed by atoms with van der Waals surface area (Å²) in [5.74, 6) is -1.13. The van der Waals surface area contributed by atoms with Crippen LogP contribution in [0.5, 0.6) is 5.75 Å². The van der Waals surface area contributed by atoms with E-state index in [-0.39, 0.29) is 16.9 Å². The number of carbonyl (C=O) groups excluding carboxylic acids is 2. The number of aryl methyl sites for hydroxylation is 1. The molecule has 1 N–H and O–H groups in total. The van der Waals surface area contributed by atoms with Crippen LogP contribution in [-0.4, -0.2) is 44.4 Å². The highest BCUT2D eigenvalue weighted by molar-refractivity contribution is 6.46. The lowest BCUT2D eigenvalue weighted by atomic mass is 9.95. The second kappa shape index (κ2) is 11.2. The first-order valence-corrected chi connectivity index (χ1v) is 12.1. The number of hydrogen-bond donors (Lipinski definition) is 1. The van der Waals surface area contributed by atoms with E-state index in [1.54, 1.807) is 18.6 Å². The molecule has 4 rings (SSSR count). The molecule has 0 aliphatic carbocycles. The number of aromatic nitrogens is 2. The monoisotopic (exact) mass is 491 g/mol. The molecule has 1 amide bonds. The molecule has 1 unspecified atom stereocenters. The lowest BCUT2D eigenvalue weighted by molar-refractivity contribution is -0.139. The molecule has 36 heavy (non-hydrogen) atoms. The normalized spacial score (nSPS) is 17.2. The van der Waals surface area contributed by atoms with E-state index in [1.165, 1.54) is 29.2 Å². The number of imidazole rings is 1. The fourth-order valence-electron chi connectivity index (χ4n) is 4.25. The maximum atomic E-state index is 13.5. The van der Waals surface area contributed by atoms with E-state index < -0.39 is 23.5 Å². The zero-order valence-electron chi connectivity index (χ0n) is 20.4. The van der Waals surface area contributed by atoms with Crippen molar-refractivity contribution in [1.29, 1.82) is 0 Å². The van der Waals surface area contributed by atoms with Gasteiger partial charge >= 0.3 is 0 Å². The van der Waals surface area contributed by atoms with Crippen LogP contribution < -0.4 is 4.74 Å². The summed E-state index contributed by atoms with van der Waals surface area (Å²) in [6, 6.07) is 11.6. The molecular weight excluding hydrogens is 461 g/mol. The van der Waals surface area contributed by atoms with Crippen molar-refractivity contribution in [3.63, 3.8) is 0 Å². The smallest absolute Gasteiger partial charge is 0.295 e. The molecule has 2 heterocycles. The number of carbonyl (C=O) groups is 2. The average molecular weight is 492 g/mol. The highest BCUT2D eigenvalue weighted by atomic mass is 19.1. The first kappa shape index (κ1) is 25.2. The molecule has 8 heteroatoms. The van der Waals surface area contributed by atoms with E-state index in [4.69, 9.17) is 4.74 Å². The molecule has 1 fully saturated rings. The Balaban J connectivity index is 1.69. The van der Waals surface area contributed by atoms with Gasteiger partial charge in [-0.15, -0.1) is 0 Å². The molecule has 0 radical (unpaired) electrons. The van der Waals surface area contributed by atoms with Gasteiger partial charge in [0.25, 0.3) is 11.7 Å². The third-order valence-electron chi connectivity index (χ3n) is 6.17. The molecule has 1 aliphatic rings. The summed E-state index contributed by atoms with van der Waals surface area (Å²) in [4.78, 5) is 31.8. The minimum atomic E-state index is -0.800. The van der Waals surface area contributed by atoms with Crippen LogP contribution in [0.2, 0.25) is 0 Å². The third kappa shape index (κ3) is 5.64. The maximum absolute atomic E-state index is 13.5. The van der Waals surface area contributed by atoms with Crippen molar-refractivity contribution < 1.29 is 23.8 Å². The highest BCUT2D eigenvalue weighted by Gasteiger charge is 2.45. The van der Waals surface area contributed by atoms with E-state index in [0.717, 1.165) is 6.42 Å². The molecule has 1 saturated heterocycles. The van der Waals surface area contributed by atoms with Gasteiger partial charge in [0.1, 0.15) is 17.3 Å². The Hall–Kier alpha value is -3.94. The van der Waals surface area contributed by atoms with Crippen molar-refractivity contribution >= 4 is 17.4 Å². The van der Waals surface area contributed by atoms with Crippen LogP contribution in [0.3, 0.4) is 0 Å². The van der Waals surface area contributed by atoms with Crippen molar-refractivity contribution in [2.45, 2.75) is 39.3 Å². The Morgan fingerprint density at radius 1 is 1.14 bits per heavy atom. The minimum Gasteiger partial charge on any atom is -0.507 e. The van der Waals surface area contributed by atoms with Gasteiger partial charge < -0.3 is 19.3 Å². The van der Waals surface area contributed by atoms with Crippen molar-refractivity contribution in [2.75, 3.05) is 13.2 Å². The summed E-state index contributed by atoms with van der Waals surface area (Å²) in [5, 5.41) is 11.1. The number of likely N-dealkylation sites (tertiary alicyclic amines) is 1. The van der Waals surface area contributed by atoms with Crippen molar-refractivity contribution in [3.05, 3.63) is 89.8 Å². The van der Waals surface area contributed by atoms with Gasteiger partial charge in [-0.05, 0) is 60.7 Å². The predicted molar refractivity (Wildman–Crippen MR) is 134 cm³/mol. The molecule has 1 atom stereocenters.